The summed E-state index contributed by atoms with van der Waals surface area (Å²) in [6, 6.07) is 20.7. The van der Waals surface area contributed by atoms with Gasteiger partial charge in [0.2, 0.25) is 0 Å². The number of benzene rings is 3. The van der Waals surface area contributed by atoms with Gasteiger partial charge < -0.3 is 9.84 Å². The fourth-order valence-electron chi connectivity index (χ4n) is 3.69. The molecule has 3 aromatic carbocycles. The van der Waals surface area contributed by atoms with Gasteiger partial charge >= 0.3 is 0 Å². The molecule has 0 fully saturated rings. The normalized spacial score (nSPS) is 11.3. The molecular weight excluding hydrogens is 476 g/mol. The van der Waals surface area contributed by atoms with E-state index in [0.29, 0.717) is 33.0 Å². The van der Waals surface area contributed by atoms with Gasteiger partial charge in [-0.15, -0.1) is 11.3 Å². The van der Waals surface area contributed by atoms with E-state index in [1.165, 1.54) is 11.3 Å². The third-order valence-electron chi connectivity index (χ3n) is 5.20. The molecule has 1 N–H and O–H groups in total. The van der Waals surface area contributed by atoms with Crippen LogP contribution in [-0.2, 0) is 6.54 Å². The molecule has 0 aliphatic heterocycles. The van der Waals surface area contributed by atoms with E-state index in [9.17, 15) is 9.90 Å². The van der Waals surface area contributed by atoms with E-state index >= 15 is 0 Å². The highest BCUT2D eigenvalue weighted by atomic mass is 79.9. The number of nitrogens with zero attached hydrogens (tertiary/aromatic N) is 2. The van der Waals surface area contributed by atoms with Crippen LogP contribution in [0.2, 0.25) is 0 Å². The van der Waals surface area contributed by atoms with E-state index in [4.69, 9.17) is 9.72 Å². The Balaban J connectivity index is 1.84. The van der Waals surface area contributed by atoms with Crippen LogP contribution in [0.25, 0.3) is 31.7 Å². The molecule has 154 valence electrons. The smallest absolute Gasteiger partial charge is 0.263 e. The summed E-state index contributed by atoms with van der Waals surface area (Å²) in [4.78, 5) is 19.3. The Kier molecular flexibility index (Phi) is 5.00. The van der Waals surface area contributed by atoms with Crippen LogP contribution in [0.3, 0.4) is 0 Å². The number of ether oxygens (including phenoxy) is 1. The minimum atomic E-state index is -0.136. The van der Waals surface area contributed by atoms with E-state index in [2.05, 4.69) is 15.9 Å². The third kappa shape index (κ3) is 3.40. The lowest BCUT2D eigenvalue weighted by atomic mass is 10.1. The number of phenols is 1. The molecule has 31 heavy (non-hydrogen) atoms. The van der Waals surface area contributed by atoms with Crippen LogP contribution in [0.15, 0.2) is 76.0 Å². The van der Waals surface area contributed by atoms with Crippen molar-refractivity contribution in [1.29, 1.82) is 0 Å². The second-order valence-corrected chi connectivity index (χ2v) is 8.95. The van der Waals surface area contributed by atoms with E-state index in [0.717, 1.165) is 21.0 Å². The highest BCUT2D eigenvalue weighted by Crippen LogP contribution is 2.38. The highest BCUT2D eigenvalue weighted by Gasteiger charge is 2.20. The average Bonchev–Trinajstić information content (AvgIpc) is 3.16. The van der Waals surface area contributed by atoms with Crippen molar-refractivity contribution < 1.29 is 9.84 Å². The molecule has 0 bridgehead atoms. The van der Waals surface area contributed by atoms with Crippen LogP contribution in [0, 0.1) is 0 Å². The zero-order valence-corrected chi connectivity index (χ0v) is 18.9. The van der Waals surface area contributed by atoms with Gasteiger partial charge in [-0.25, -0.2) is 4.98 Å². The van der Waals surface area contributed by atoms with E-state index in [-0.39, 0.29) is 11.3 Å². The summed E-state index contributed by atoms with van der Waals surface area (Å²) < 4.78 is 8.46. The lowest BCUT2D eigenvalue weighted by molar-refractivity contribution is 0.414. The molecule has 5 aromatic rings. The first-order valence-electron chi connectivity index (χ1n) is 9.59. The molecule has 5 rings (SSSR count). The second kappa shape index (κ2) is 7.83. The summed E-state index contributed by atoms with van der Waals surface area (Å²) >= 11 is 4.93. The number of halogens is 1. The standard InChI is InChI=1S/C24H17BrN2O3S/c1-30-15-10-11-16(18(25)12-15)22-26-23-20(17-8-5-9-19(28)21(17)31-23)24(29)27(22)13-14-6-3-2-4-7-14/h2-12,28H,13H2,1H3. The maximum absolute atomic E-state index is 13.8. The molecule has 0 saturated carbocycles. The molecule has 2 aromatic heterocycles. The number of methoxy groups -OCH3 is 1. The number of aromatic nitrogens is 2. The first-order valence-corrected chi connectivity index (χ1v) is 11.2. The van der Waals surface area contributed by atoms with Crippen LogP contribution < -0.4 is 10.3 Å². The number of phenolic OH excluding ortho intramolecular Hbond substituents is 1. The summed E-state index contributed by atoms with van der Waals surface area (Å²) in [5, 5.41) is 11.6. The number of hydrogen-bond acceptors (Lipinski definition) is 5. The van der Waals surface area contributed by atoms with Gasteiger partial charge in [0.1, 0.15) is 22.2 Å². The molecule has 0 amide bonds. The summed E-state index contributed by atoms with van der Waals surface area (Å²) in [6.45, 7) is 0.382. The van der Waals surface area contributed by atoms with E-state index in [1.807, 2.05) is 54.6 Å². The van der Waals surface area contributed by atoms with Gasteiger partial charge in [-0.1, -0.05) is 42.5 Å². The minimum absolute atomic E-state index is 0.136. The van der Waals surface area contributed by atoms with Gasteiger partial charge in [-0.2, -0.15) is 0 Å². The zero-order valence-electron chi connectivity index (χ0n) is 16.5. The fourth-order valence-corrected chi connectivity index (χ4v) is 5.30. The van der Waals surface area contributed by atoms with E-state index in [1.54, 1.807) is 23.8 Å². The number of rotatable bonds is 4. The van der Waals surface area contributed by atoms with Crippen LogP contribution in [0.1, 0.15) is 5.56 Å². The van der Waals surface area contributed by atoms with Crippen molar-refractivity contribution in [2.75, 3.05) is 7.11 Å². The molecule has 0 aliphatic rings. The van der Waals surface area contributed by atoms with Gasteiger partial charge in [0.05, 0.1) is 23.7 Å². The fraction of sp³-hybridized carbons (Fsp3) is 0.0833. The number of aromatic hydroxyl groups is 1. The molecule has 2 heterocycles. The topological polar surface area (TPSA) is 64.3 Å². The van der Waals surface area contributed by atoms with Gasteiger partial charge in [0.15, 0.2) is 0 Å². The van der Waals surface area contributed by atoms with Gasteiger partial charge in [-0.05, 0) is 45.8 Å². The molecule has 5 nitrogen and oxygen atoms in total. The zero-order chi connectivity index (χ0) is 21.5. The predicted molar refractivity (Wildman–Crippen MR) is 128 cm³/mol. The Morgan fingerprint density at radius 2 is 1.90 bits per heavy atom. The maximum atomic E-state index is 13.8. The first kappa shape index (κ1) is 19.8. The Labute approximate surface area is 190 Å². The van der Waals surface area contributed by atoms with Crippen molar-refractivity contribution in [2.24, 2.45) is 0 Å². The Morgan fingerprint density at radius 3 is 2.65 bits per heavy atom. The second-order valence-electron chi connectivity index (χ2n) is 7.09. The molecule has 0 saturated heterocycles. The van der Waals surface area contributed by atoms with Crippen molar-refractivity contribution in [3.8, 4) is 22.9 Å². The summed E-state index contributed by atoms with van der Waals surface area (Å²) in [5.74, 6) is 1.42. The molecule has 0 aliphatic carbocycles. The monoisotopic (exact) mass is 492 g/mol. The highest BCUT2D eigenvalue weighted by molar-refractivity contribution is 9.10. The molecule has 0 spiro atoms. The predicted octanol–water partition coefficient (Wildman–Crippen LogP) is 5.80. The van der Waals surface area contributed by atoms with E-state index < -0.39 is 0 Å². The number of hydrogen-bond donors (Lipinski definition) is 1. The van der Waals surface area contributed by atoms with Crippen LogP contribution in [0.5, 0.6) is 11.5 Å². The van der Waals surface area contributed by atoms with Crippen molar-refractivity contribution in [3.63, 3.8) is 0 Å². The first-order chi connectivity index (χ1) is 15.1. The van der Waals surface area contributed by atoms with Crippen molar-refractivity contribution in [2.45, 2.75) is 6.54 Å². The largest absolute Gasteiger partial charge is 0.506 e. The lowest BCUT2D eigenvalue weighted by Gasteiger charge is -2.14. The van der Waals surface area contributed by atoms with Crippen molar-refractivity contribution >= 4 is 47.6 Å². The summed E-state index contributed by atoms with van der Waals surface area (Å²) in [5.41, 5.74) is 1.65. The SMILES string of the molecule is COc1ccc(-c2nc3sc4c(O)cccc4c3c(=O)n2Cc2ccccc2)c(Br)c1. The Morgan fingerprint density at radius 1 is 1.10 bits per heavy atom. The quantitative estimate of drug-likeness (QED) is 0.344. The minimum Gasteiger partial charge on any atom is -0.506 e. The molecule has 0 radical (unpaired) electrons. The molecule has 0 atom stereocenters. The summed E-state index contributed by atoms with van der Waals surface area (Å²) in [7, 11) is 1.61. The van der Waals surface area contributed by atoms with Crippen LogP contribution in [0.4, 0.5) is 0 Å². The molecule has 0 unspecified atom stereocenters. The van der Waals surface area contributed by atoms with Crippen molar-refractivity contribution in [1.82, 2.24) is 9.55 Å². The van der Waals surface area contributed by atoms with Crippen molar-refractivity contribution in [3.05, 3.63) is 87.1 Å². The Bertz CT molecular complexity index is 1490. The lowest BCUT2D eigenvalue weighted by Crippen LogP contribution is -2.23. The molecule has 7 heteroatoms. The van der Waals surface area contributed by atoms with Gasteiger partial charge in [-0.3, -0.25) is 9.36 Å². The van der Waals surface area contributed by atoms with Gasteiger partial charge in [0, 0.05) is 15.4 Å². The molecular formula is C24H17BrN2O3S. The maximum Gasteiger partial charge on any atom is 0.263 e. The third-order valence-corrected chi connectivity index (χ3v) is 6.98. The average molecular weight is 493 g/mol. The number of thiophene rings is 1. The Hall–Kier alpha value is -3.16. The van der Waals surface area contributed by atoms with Gasteiger partial charge in [0.25, 0.3) is 5.56 Å². The number of fused-ring (bicyclic) bond motifs is 3. The van der Waals surface area contributed by atoms with Crippen LogP contribution in [-0.4, -0.2) is 21.8 Å². The van der Waals surface area contributed by atoms with Crippen LogP contribution >= 0.6 is 27.3 Å². The summed E-state index contributed by atoms with van der Waals surface area (Å²) in [6.07, 6.45) is 0.